The van der Waals surface area contributed by atoms with Crippen LogP contribution in [0.5, 0.6) is 0 Å². The first-order chi connectivity index (χ1) is 29.0. The Morgan fingerprint density at radius 2 is 1.07 bits per heavy atom. The van der Waals surface area contributed by atoms with E-state index in [1.54, 1.807) is 0 Å². The van der Waals surface area contributed by atoms with Crippen molar-refractivity contribution in [3.63, 3.8) is 0 Å². The average molecular weight is 772 g/mol. The number of aromatic nitrogens is 3. The summed E-state index contributed by atoms with van der Waals surface area (Å²) in [6, 6.07) is 68.1. The van der Waals surface area contributed by atoms with Gasteiger partial charge in [0.25, 0.3) is 0 Å². The molecule has 0 aliphatic heterocycles. The van der Waals surface area contributed by atoms with Crippen molar-refractivity contribution in [2.75, 3.05) is 0 Å². The van der Waals surface area contributed by atoms with Crippen LogP contribution in [-0.2, 0) is 5.41 Å². The molecule has 1 aliphatic carbocycles. The lowest BCUT2D eigenvalue weighted by Gasteiger charge is -2.22. The Hall–Kier alpha value is -7.14. The molecule has 3 heterocycles. The Bertz CT molecular complexity index is 3410. The first kappa shape index (κ1) is 33.9. The summed E-state index contributed by atoms with van der Waals surface area (Å²) < 4.78 is 5.09. The highest BCUT2D eigenvalue weighted by atomic mass is 32.1. The molecular formula is C55H37N3S. The second-order valence-electron chi connectivity index (χ2n) is 16.1. The first-order valence-corrected chi connectivity index (χ1v) is 21.1. The summed E-state index contributed by atoms with van der Waals surface area (Å²) in [5.74, 6) is 0.691. The molecule has 0 atom stereocenters. The molecule has 0 bridgehead atoms. The molecule has 0 radical (unpaired) electrons. The van der Waals surface area contributed by atoms with E-state index in [-0.39, 0.29) is 5.41 Å². The van der Waals surface area contributed by atoms with Gasteiger partial charge >= 0.3 is 0 Å². The second-order valence-corrected chi connectivity index (χ2v) is 17.2. The van der Waals surface area contributed by atoms with E-state index in [0.717, 1.165) is 33.8 Å². The number of benzene rings is 8. The molecule has 0 saturated carbocycles. The molecule has 1 aliphatic rings. The maximum Gasteiger partial charge on any atom is 0.160 e. The predicted molar refractivity (Wildman–Crippen MR) is 249 cm³/mol. The lowest BCUT2D eigenvalue weighted by atomic mass is 9.82. The van der Waals surface area contributed by atoms with Crippen LogP contribution in [0.15, 0.2) is 188 Å². The summed E-state index contributed by atoms with van der Waals surface area (Å²) in [5, 5.41) is 5.06. The number of fused-ring (bicyclic) bond motifs is 9. The van der Waals surface area contributed by atoms with Crippen LogP contribution >= 0.6 is 11.3 Å². The third-order valence-electron chi connectivity index (χ3n) is 12.4. The molecule has 3 aromatic heterocycles. The van der Waals surface area contributed by atoms with Gasteiger partial charge in [-0.2, -0.15) is 0 Å². The van der Waals surface area contributed by atoms with Crippen LogP contribution in [0.2, 0.25) is 0 Å². The highest BCUT2D eigenvalue weighted by Gasteiger charge is 2.36. The van der Waals surface area contributed by atoms with Crippen LogP contribution < -0.4 is 0 Å². The molecular weight excluding hydrogens is 735 g/mol. The molecule has 0 unspecified atom stereocenters. The third-order valence-corrected chi connectivity index (χ3v) is 13.7. The molecule has 0 N–H and O–H groups in total. The summed E-state index contributed by atoms with van der Waals surface area (Å²) in [4.78, 5) is 10.6. The van der Waals surface area contributed by atoms with Crippen molar-refractivity contribution in [3.8, 4) is 61.8 Å². The molecule has 4 heteroatoms. The Balaban J connectivity index is 1.17. The average Bonchev–Trinajstić information content (AvgIpc) is 3.91. The Morgan fingerprint density at radius 1 is 0.424 bits per heavy atom. The van der Waals surface area contributed by atoms with E-state index in [1.807, 2.05) is 23.5 Å². The number of hydrogen-bond donors (Lipinski definition) is 0. The van der Waals surface area contributed by atoms with Crippen molar-refractivity contribution in [1.82, 2.24) is 14.5 Å². The van der Waals surface area contributed by atoms with Crippen LogP contribution in [0.4, 0.5) is 0 Å². The number of rotatable bonds is 5. The normalized spacial score (nSPS) is 13.1. The van der Waals surface area contributed by atoms with Crippen LogP contribution in [0, 0.1) is 0 Å². The maximum absolute atomic E-state index is 5.30. The van der Waals surface area contributed by atoms with Crippen molar-refractivity contribution in [2.24, 2.45) is 0 Å². The lowest BCUT2D eigenvalue weighted by Crippen LogP contribution is -2.15. The van der Waals surface area contributed by atoms with E-state index in [1.165, 1.54) is 75.4 Å². The van der Waals surface area contributed by atoms with Gasteiger partial charge in [0, 0.05) is 64.2 Å². The smallest absolute Gasteiger partial charge is 0.160 e. The summed E-state index contributed by atoms with van der Waals surface area (Å²) in [6.07, 6.45) is 0. The number of nitrogens with zero attached hydrogens (tertiary/aromatic N) is 3. The summed E-state index contributed by atoms with van der Waals surface area (Å²) in [7, 11) is 0. The minimum Gasteiger partial charge on any atom is -0.309 e. The lowest BCUT2D eigenvalue weighted by molar-refractivity contribution is 0.661. The molecule has 0 spiro atoms. The highest BCUT2D eigenvalue weighted by Crippen LogP contribution is 2.52. The van der Waals surface area contributed by atoms with Crippen molar-refractivity contribution in [2.45, 2.75) is 19.3 Å². The van der Waals surface area contributed by atoms with Gasteiger partial charge in [-0.05, 0) is 58.7 Å². The largest absolute Gasteiger partial charge is 0.309 e. The van der Waals surface area contributed by atoms with Crippen LogP contribution in [-0.4, -0.2) is 14.5 Å². The van der Waals surface area contributed by atoms with Gasteiger partial charge in [0.15, 0.2) is 5.82 Å². The standard InChI is InChI=1S/C55H37N3S/c1-55(2)45-25-12-9-20-37(45)43-31-44-38-21-10-13-26-49(38)58(51(44)32-46(43)55)50-30-36(28-29-39(50)41-23-15-24-42-40-22-11-14-27-52(40)59-53(41)42)54-56-47(34-16-5-3-6-17-34)33-48(57-54)35-18-7-4-8-19-35/h3-33H,1-2H3. The topological polar surface area (TPSA) is 30.7 Å². The van der Waals surface area contributed by atoms with Crippen LogP contribution in [0.3, 0.4) is 0 Å². The van der Waals surface area contributed by atoms with Crippen molar-refractivity contribution >= 4 is 53.3 Å². The minimum absolute atomic E-state index is 0.145. The monoisotopic (exact) mass is 771 g/mol. The van der Waals surface area contributed by atoms with Crippen molar-refractivity contribution in [1.29, 1.82) is 0 Å². The zero-order chi connectivity index (χ0) is 39.2. The van der Waals surface area contributed by atoms with Crippen LogP contribution in [0.25, 0.3) is 104 Å². The summed E-state index contributed by atoms with van der Waals surface area (Å²) >= 11 is 1.87. The molecule has 3 nitrogen and oxygen atoms in total. The van der Waals surface area contributed by atoms with Gasteiger partial charge in [0.05, 0.1) is 28.1 Å². The summed E-state index contributed by atoms with van der Waals surface area (Å²) in [5.41, 5.74) is 15.9. The number of thiophene rings is 1. The SMILES string of the molecule is CC1(C)c2ccccc2-c2cc3c4ccccc4n(-c4cc(-c5nc(-c6ccccc6)cc(-c6ccccc6)n5)ccc4-c4cccc5c4sc4ccccc45)c3cc21. The van der Waals surface area contributed by atoms with Gasteiger partial charge < -0.3 is 4.57 Å². The molecule has 11 aromatic rings. The minimum atomic E-state index is -0.145. The molecule has 0 fully saturated rings. The Kier molecular flexibility index (Phi) is 7.44. The Labute approximate surface area is 346 Å². The van der Waals surface area contributed by atoms with E-state index < -0.39 is 0 Å². The van der Waals surface area contributed by atoms with E-state index in [2.05, 4.69) is 194 Å². The maximum atomic E-state index is 5.30. The van der Waals surface area contributed by atoms with E-state index in [0.29, 0.717) is 5.82 Å². The molecule has 59 heavy (non-hydrogen) atoms. The zero-order valence-corrected chi connectivity index (χ0v) is 33.5. The van der Waals surface area contributed by atoms with Gasteiger partial charge in [-0.15, -0.1) is 11.3 Å². The van der Waals surface area contributed by atoms with Crippen molar-refractivity contribution in [3.05, 3.63) is 199 Å². The fourth-order valence-corrected chi connectivity index (χ4v) is 10.8. The third kappa shape index (κ3) is 5.20. The first-order valence-electron chi connectivity index (χ1n) is 20.2. The van der Waals surface area contributed by atoms with E-state index in [9.17, 15) is 0 Å². The number of para-hydroxylation sites is 1. The van der Waals surface area contributed by atoms with Gasteiger partial charge in [-0.1, -0.05) is 166 Å². The molecule has 278 valence electrons. The fraction of sp³-hybridized carbons (Fsp3) is 0.0545. The van der Waals surface area contributed by atoms with E-state index >= 15 is 0 Å². The molecule has 0 amide bonds. The number of hydrogen-bond acceptors (Lipinski definition) is 3. The highest BCUT2D eigenvalue weighted by molar-refractivity contribution is 7.26. The van der Waals surface area contributed by atoms with Gasteiger partial charge in [-0.3, -0.25) is 0 Å². The van der Waals surface area contributed by atoms with Gasteiger partial charge in [0.2, 0.25) is 0 Å². The van der Waals surface area contributed by atoms with Crippen molar-refractivity contribution < 1.29 is 0 Å². The quantitative estimate of drug-likeness (QED) is 0.174. The zero-order valence-electron chi connectivity index (χ0n) is 32.6. The van der Waals surface area contributed by atoms with Crippen LogP contribution in [0.1, 0.15) is 25.0 Å². The predicted octanol–water partition coefficient (Wildman–Crippen LogP) is 14.9. The fourth-order valence-electron chi connectivity index (χ4n) is 9.56. The molecule has 8 aromatic carbocycles. The van der Waals surface area contributed by atoms with E-state index in [4.69, 9.17) is 9.97 Å². The summed E-state index contributed by atoms with van der Waals surface area (Å²) in [6.45, 7) is 4.73. The van der Waals surface area contributed by atoms with Gasteiger partial charge in [0.1, 0.15) is 0 Å². The van der Waals surface area contributed by atoms with Gasteiger partial charge in [-0.25, -0.2) is 9.97 Å². The Morgan fingerprint density at radius 3 is 1.85 bits per heavy atom. The molecule has 12 rings (SSSR count). The molecule has 0 saturated heterocycles. The second kappa shape index (κ2) is 12.9.